The van der Waals surface area contributed by atoms with Gasteiger partial charge in [0.1, 0.15) is 5.69 Å². The lowest BCUT2D eigenvalue weighted by atomic mass is 9.96. The molecule has 0 aliphatic carbocycles. The van der Waals surface area contributed by atoms with Gasteiger partial charge in [0.15, 0.2) is 5.78 Å². The first-order valence-electron chi connectivity index (χ1n) is 15.4. The van der Waals surface area contributed by atoms with Crippen molar-refractivity contribution in [1.29, 1.82) is 0 Å². The molecule has 49 heavy (non-hydrogen) atoms. The number of hydrogen-bond donors (Lipinski definition) is 3. The highest BCUT2D eigenvalue weighted by Gasteiger charge is 2.27. The van der Waals surface area contributed by atoms with Gasteiger partial charge in [0, 0.05) is 44.3 Å². The number of aliphatic hydroxyl groups is 1. The number of amides is 2. The fourth-order valence-corrected chi connectivity index (χ4v) is 7.16. The van der Waals surface area contributed by atoms with Crippen LogP contribution in [0.5, 0.6) is 0 Å². The lowest BCUT2D eigenvalue weighted by Gasteiger charge is -2.21. The number of hydrogen-bond acceptors (Lipinski definition) is 10. The Kier molecular flexibility index (Phi) is 9.72. The number of rotatable bonds is 6. The molecule has 5 aromatic rings. The maximum absolute atomic E-state index is 13.9. The van der Waals surface area contributed by atoms with Gasteiger partial charge in [-0.25, -0.2) is 14.5 Å². The zero-order chi connectivity index (χ0) is 34.8. The van der Waals surface area contributed by atoms with E-state index in [-0.39, 0.29) is 29.8 Å². The minimum atomic E-state index is -0.663. The molecule has 1 aliphatic rings. The van der Waals surface area contributed by atoms with Gasteiger partial charge in [-0.05, 0) is 56.2 Å². The number of benzene rings is 2. The summed E-state index contributed by atoms with van der Waals surface area (Å²) in [5, 5.41) is 23.5. The van der Waals surface area contributed by atoms with E-state index >= 15 is 0 Å². The molecule has 3 aromatic heterocycles. The molecule has 2 atom stereocenters. The van der Waals surface area contributed by atoms with Gasteiger partial charge < -0.3 is 15.2 Å². The highest BCUT2D eigenvalue weighted by Crippen LogP contribution is 2.42. The number of carbonyl (C=O) groups is 3. The first-order valence-corrected chi connectivity index (χ1v) is 16.6. The maximum atomic E-state index is 13.9. The second kappa shape index (κ2) is 14.1. The summed E-state index contributed by atoms with van der Waals surface area (Å²) in [5.74, 6) is -0.756. The number of fused-ring (bicyclic) bond motifs is 4. The van der Waals surface area contributed by atoms with Gasteiger partial charge in [-0.1, -0.05) is 36.2 Å². The van der Waals surface area contributed by atoms with Crippen molar-refractivity contribution in [2.45, 2.75) is 45.8 Å². The Labute approximate surface area is 289 Å². The molecule has 0 saturated heterocycles. The van der Waals surface area contributed by atoms with E-state index in [1.807, 2.05) is 13.0 Å². The van der Waals surface area contributed by atoms with E-state index < -0.39 is 12.1 Å². The van der Waals surface area contributed by atoms with Crippen LogP contribution in [0, 0.1) is 5.92 Å². The van der Waals surface area contributed by atoms with E-state index in [1.165, 1.54) is 42.4 Å². The van der Waals surface area contributed by atoms with E-state index in [4.69, 9.17) is 16.3 Å². The van der Waals surface area contributed by atoms with Crippen molar-refractivity contribution in [3.8, 4) is 28.1 Å². The molecule has 0 spiro atoms. The minimum Gasteiger partial charge on any atom is -0.453 e. The smallest absolute Gasteiger partial charge is 0.411 e. The summed E-state index contributed by atoms with van der Waals surface area (Å²) >= 11 is 7.65. The number of ketones is 1. The van der Waals surface area contributed by atoms with Crippen LogP contribution in [0.4, 0.5) is 16.2 Å². The Morgan fingerprint density at radius 2 is 1.92 bits per heavy atom. The molecular weight excluding hydrogens is 670 g/mol. The maximum Gasteiger partial charge on any atom is 0.411 e. The fraction of sp³-hybridized carbons (Fsp3) is 0.265. The highest BCUT2D eigenvalue weighted by molar-refractivity contribution is 7.14. The average molecular weight is 702 g/mol. The molecule has 0 unspecified atom stereocenters. The van der Waals surface area contributed by atoms with Crippen LogP contribution in [0.1, 0.15) is 59.4 Å². The molecule has 0 radical (unpaired) electrons. The number of ether oxygens (including phenoxy) is 1. The van der Waals surface area contributed by atoms with Crippen molar-refractivity contribution in [2.24, 2.45) is 5.92 Å². The molecule has 3 N–H and O–H groups in total. The number of anilines is 2. The number of carbonyl (C=O) groups excluding carboxylic acids is 3. The second-order valence-electron chi connectivity index (χ2n) is 11.7. The van der Waals surface area contributed by atoms with Gasteiger partial charge in [0.2, 0.25) is 5.91 Å². The van der Waals surface area contributed by atoms with Crippen LogP contribution < -0.4 is 16.2 Å². The van der Waals surface area contributed by atoms with Gasteiger partial charge in [-0.2, -0.15) is 0 Å². The molecule has 2 aromatic carbocycles. The quantitative estimate of drug-likeness (QED) is 0.177. The molecule has 13 nitrogen and oxygen atoms in total. The average Bonchev–Trinajstić information content (AvgIpc) is 3.75. The number of aromatic nitrogens is 5. The highest BCUT2D eigenvalue weighted by atomic mass is 35.5. The largest absolute Gasteiger partial charge is 0.453 e. The van der Waals surface area contributed by atoms with Crippen LogP contribution in [0.25, 0.3) is 28.1 Å². The molecule has 4 heterocycles. The minimum absolute atomic E-state index is 0.172. The summed E-state index contributed by atoms with van der Waals surface area (Å²) in [7, 11) is 1.26. The first-order chi connectivity index (χ1) is 23.6. The standard InChI is InChI=1S/C34H32ClN7O6S/c1-18-5-4-6-29(41-17-36-26(14-31(41)45)25-11-20(35)7-10-28(25)42-15-22(16-43)39-40-42)30-13-24(32(49-30)19(2)44)23-9-8-21(37-34(47)48-3)12-27(23)38-33(18)46/h7-15,17-18,29,43H,4-6,16H2,1-3H3,(H,37,47)(H,38,46)/t18-,29+/m1/s1. The molecule has 252 valence electrons. The Morgan fingerprint density at radius 1 is 1.10 bits per heavy atom. The first kappa shape index (κ1) is 33.7. The van der Waals surface area contributed by atoms with Gasteiger partial charge in [-0.3, -0.25) is 24.3 Å². The zero-order valence-electron chi connectivity index (χ0n) is 26.8. The van der Waals surface area contributed by atoms with Crippen LogP contribution >= 0.6 is 22.9 Å². The van der Waals surface area contributed by atoms with Crippen LogP contribution in [0.3, 0.4) is 0 Å². The number of methoxy groups -OCH3 is 1. The Morgan fingerprint density at radius 3 is 2.63 bits per heavy atom. The molecular formula is C34H32ClN7O6S. The number of nitrogens with one attached hydrogen (secondary N) is 2. The van der Waals surface area contributed by atoms with Crippen molar-refractivity contribution in [3.05, 3.63) is 91.9 Å². The molecule has 1 aliphatic heterocycles. The molecule has 2 bridgehead atoms. The van der Waals surface area contributed by atoms with E-state index in [0.717, 1.165) is 4.88 Å². The summed E-state index contributed by atoms with van der Waals surface area (Å²) in [6.45, 7) is 3.03. The van der Waals surface area contributed by atoms with Gasteiger partial charge >= 0.3 is 6.09 Å². The van der Waals surface area contributed by atoms with Gasteiger partial charge in [0.25, 0.3) is 5.56 Å². The number of Topliss-reactive ketones (excluding diaryl/α,β-unsaturated/α-hetero) is 1. The normalized spacial score (nSPS) is 16.1. The van der Waals surface area contributed by atoms with E-state index in [1.54, 1.807) is 47.2 Å². The predicted octanol–water partition coefficient (Wildman–Crippen LogP) is 6.09. The topological polar surface area (TPSA) is 170 Å². The van der Waals surface area contributed by atoms with Crippen molar-refractivity contribution in [1.82, 2.24) is 24.5 Å². The number of aliphatic hydroxyl groups excluding tert-OH is 1. The van der Waals surface area contributed by atoms with Crippen molar-refractivity contribution in [2.75, 3.05) is 17.7 Å². The molecule has 0 saturated carbocycles. The predicted molar refractivity (Wildman–Crippen MR) is 185 cm³/mol. The third kappa shape index (κ3) is 7.02. The summed E-state index contributed by atoms with van der Waals surface area (Å²) in [6.07, 6.45) is 4.05. The van der Waals surface area contributed by atoms with Crippen molar-refractivity contribution < 1.29 is 24.2 Å². The Bertz CT molecular complexity index is 2140. The Hall–Kier alpha value is -5.18. The number of nitrogens with zero attached hydrogens (tertiary/aromatic N) is 5. The number of halogens is 1. The number of thiophene rings is 1. The molecule has 2 amide bonds. The summed E-state index contributed by atoms with van der Waals surface area (Å²) in [5.41, 5.74) is 3.54. The lowest BCUT2D eigenvalue weighted by Crippen LogP contribution is -2.26. The summed E-state index contributed by atoms with van der Waals surface area (Å²) < 4.78 is 7.75. The van der Waals surface area contributed by atoms with E-state index in [9.17, 15) is 24.3 Å². The zero-order valence-corrected chi connectivity index (χ0v) is 28.3. The van der Waals surface area contributed by atoms with Crippen LogP contribution in [-0.2, 0) is 16.1 Å². The second-order valence-corrected chi connectivity index (χ2v) is 13.2. The van der Waals surface area contributed by atoms with Gasteiger partial charge in [0.05, 0.1) is 54.2 Å². The van der Waals surface area contributed by atoms with Crippen LogP contribution in [0.15, 0.2) is 65.8 Å². The third-order valence-corrected chi connectivity index (χ3v) is 9.89. The van der Waals surface area contributed by atoms with Crippen LogP contribution in [0.2, 0.25) is 5.02 Å². The van der Waals surface area contributed by atoms with Crippen molar-refractivity contribution >= 4 is 52.1 Å². The van der Waals surface area contributed by atoms with Crippen LogP contribution in [-0.4, -0.2) is 54.5 Å². The van der Waals surface area contributed by atoms with Gasteiger partial charge in [-0.15, -0.1) is 16.4 Å². The summed E-state index contributed by atoms with van der Waals surface area (Å²) in [6, 6.07) is 12.9. The molecule has 6 rings (SSSR count). The van der Waals surface area contributed by atoms with E-state index in [2.05, 4.69) is 25.9 Å². The summed E-state index contributed by atoms with van der Waals surface area (Å²) in [4.78, 5) is 58.1. The van der Waals surface area contributed by atoms with E-state index in [0.29, 0.717) is 74.3 Å². The van der Waals surface area contributed by atoms with Crippen molar-refractivity contribution in [3.63, 3.8) is 0 Å². The lowest BCUT2D eigenvalue weighted by molar-refractivity contribution is -0.119. The Balaban J connectivity index is 1.45. The molecule has 15 heteroatoms. The molecule has 0 fully saturated rings. The monoisotopic (exact) mass is 701 g/mol. The SMILES string of the molecule is COC(=O)Nc1ccc2c(c1)NC(=O)[C@H](C)CCC[C@H](n1cnc(-c3cc(Cl)ccc3-n3cc(CO)nn3)cc1=O)c1cc-2c(C(C)=O)s1. The third-order valence-electron chi connectivity index (χ3n) is 8.32. The fourth-order valence-electron chi connectivity index (χ4n) is 5.78.